The van der Waals surface area contributed by atoms with Crippen molar-refractivity contribution in [3.8, 4) is 0 Å². The second-order valence-corrected chi connectivity index (χ2v) is 7.77. The highest BCUT2D eigenvalue weighted by Gasteiger charge is 2.22. The van der Waals surface area contributed by atoms with E-state index in [0.29, 0.717) is 24.1 Å². The van der Waals surface area contributed by atoms with E-state index in [9.17, 15) is 9.59 Å². The zero-order valence-electron chi connectivity index (χ0n) is 16.2. The summed E-state index contributed by atoms with van der Waals surface area (Å²) in [4.78, 5) is 30.1. The van der Waals surface area contributed by atoms with Crippen LogP contribution in [0.5, 0.6) is 0 Å². The molecule has 1 unspecified atom stereocenters. The van der Waals surface area contributed by atoms with Crippen LogP contribution in [-0.4, -0.2) is 22.8 Å². The third-order valence-corrected chi connectivity index (χ3v) is 5.71. The van der Waals surface area contributed by atoms with Crippen LogP contribution in [0.1, 0.15) is 22.3 Å². The van der Waals surface area contributed by atoms with Gasteiger partial charge in [-0.15, -0.1) is 11.3 Å². The summed E-state index contributed by atoms with van der Waals surface area (Å²) in [5.74, 6) is -0.504. The Morgan fingerprint density at radius 2 is 1.63 bits per heavy atom. The number of thiazole rings is 1. The molecule has 150 valence electrons. The lowest BCUT2D eigenvalue weighted by molar-refractivity contribution is -0.118. The molecule has 4 rings (SSSR count). The summed E-state index contributed by atoms with van der Waals surface area (Å²) in [6.45, 7) is 0. The number of rotatable bonds is 7. The minimum absolute atomic E-state index is 0.240. The molecule has 1 atom stereocenters. The molecule has 0 radical (unpaired) electrons. The van der Waals surface area contributed by atoms with Crippen molar-refractivity contribution in [2.45, 2.75) is 18.9 Å². The third-order valence-electron chi connectivity index (χ3n) is 4.84. The Morgan fingerprint density at radius 3 is 2.40 bits per heavy atom. The summed E-state index contributed by atoms with van der Waals surface area (Å²) in [6, 6.07) is 23.8. The van der Waals surface area contributed by atoms with Gasteiger partial charge < -0.3 is 10.6 Å². The summed E-state index contributed by atoms with van der Waals surface area (Å²) in [7, 11) is 0. The van der Waals surface area contributed by atoms with Gasteiger partial charge in [-0.3, -0.25) is 9.59 Å². The second kappa shape index (κ2) is 9.33. The number of aromatic nitrogens is 1. The number of carbonyl (C=O) groups is 2. The minimum Gasteiger partial charge on any atom is -0.340 e. The van der Waals surface area contributed by atoms with Crippen molar-refractivity contribution in [1.29, 1.82) is 0 Å². The van der Waals surface area contributed by atoms with Gasteiger partial charge in [0.2, 0.25) is 5.91 Å². The van der Waals surface area contributed by atoms with Crippen molar-refractivity contribution in [2.75, 3.05) is 5.32 Å². The smallest absolute Gasteiger partial charge is 0.251 e. The van der Waals surface area contributed by atoms with Crippen LogP contribution in [0, 0.1) is 0 Å². The van der Waals surface area contributed by atoms with Crippen LogP contribution in [0.2, 0.25) is 0 Å². The van der Waals surface area contributed by atoms with Crippen LogP contribution in [0.4, 0.5) is 5.69 Å². The Labute approximate surface area is 178 Å². The lowest BCUT2D eigenvalue weighted by Crippen LogP contribution is -2.44. The van der Waals surface area contributed by atoms with Gasteiger partial charge in [0.15, 0.2) is 0 Å². The molecule has 0 saturated heterocycles. The highest BCUT2D eigenvalue weighted by Crippen LogP contribution is 2.26. The fourth-order valence-electron chi connectivity index (χ4n) is 3.26. The summed E-state index contributed by atoms with van der Waals surface area (Å²) in [5, 5.41) is 5.88. The van der Waals surface area contributed by atoms with E-state index >= 15 is 0 Å². The van der Waals surface area contributed by atoms with Gasteiger partial charge in [-0.05, 0) is 42.7 Å². The maximum atomic E-state index is 13.1. The van der Waals surface area contributed by atoms with Crippen LogP contribution in [0.3, 0.4) is 0 Å². The molecule has 1 aromatic heterocycles. The predicted molar refractivity (Wildman–Crippen MR) is 121 cm³/mol. The number of aryl methyl sites for hydroxylation is 1. The number of benzene rings is 3. The first kappa shape index (κ1) is 19.8. The summed E-state index contributed by atoms with van der Waals surface area (Å²) < 4.78 is 0.919. The second-order valence-electron chi connectivity index (χ2n) is 6.91. The number of hydrogen-bond acceptors (Lipinski definition) is 4. The van der Waals surface area contributed by atoms with Gasteiger partial charge in [0.1, 0.15) is 6.04 Å². The molecule has 3 aromatic carbocycles. The molecule has 0 fully saturated rings. The SMILES string of the molecule is O=C(NC(CCc1ccccc1)C(=O)Nc1cccc2ncsc12)c1ccccc1. The number of hydrogen-bond donors (Lipinski definition) is 2. The number of nitrogens with zero attached hydrogens (tertiary/aromatic N) is 1. The van der Waals surface area contributed by atoms with Gasteiger partial charge >= 0.3 is 0 Å². The molecule has 5 nitrogen and oxygen atoms in total. The van der Waals surface area contributed by atoms with E-state index in [1.165, 1.54) is 11.3 Å². The van der Waals surface area contributed by atoms with Gasteiger partial charge in [-0.2, -0.15) is 0 Å². The van der Waals surface area contributed by atoms with Gasteiger partial charge in [-0.25, -0.2) is 4.98 Å². The predicted octanol–water partition coefficient (Wildman–Crippen LogP) is 4.67. The fraction of sp³-hybridized carbons (Fsp3) is 0.125. The van der Waals surface area contributed by atoms with Crippen LogP contribution >= 0.6 is 11.3 Å². The monoisotopic (exact) mass is 415 g/mol. The van der Waals surface area contributed by atoms with Crippen molar-refractivity contribution < 1.29 is 9.59 Å². The van der Waals surface area contributed by atoms with Crippen LogP contribution in [0.25, 0.3) is 10.2 Å². The average Bonchev–Trinajstić information content (AvgIpc) is 3.28. The summed E-state index contributed by atoms with van der Waals surface area (Å²) in [6.07, 6.45) is 1.17. The Balaban J connectivity index is 1.52. The van der Waals surface area contributed by atoms with Crippen molar-refractivity contribution in [1.82, 2.24) is 10.3 Å². The molecular weight excluding hydrogens is 394 g/mol. The Hall–Kier alpha value is -3.51. The van der Waals surface area contributed by atoms with E-state index in [-0.39, 0.29) is 11.8 Å². The highest BCUT2D eigenvalue weighted by atomic mass is 32.1. The fourth-order valence-corrected chi connectivity index (χ4v) is 4.02. The quantitative estimate of drug-likeness (QED) is 0.461. The maximum Gasteiger partial charge on any atom is 0.251 e. The third kappa shape index (κ3) is 4.72. The topological polar surface area (TPSA) is 71.1 Å². The molecule has 6 heteroatoms. The van der Waals surface area contributed by atoms with Crippen molar-refractivity contribution in [3.05, 3.63) is 95.5 Å². The Morgan fingerprint density at radius 1 is 0.900 bits per heavy atom. The van der Waals surface area contributed by atoms with Crippen LogP contribution < -0.4 is 10.6 Å². The van der Waals surface area contributed by atoms with Gasteiger partial charge in [-0.1, -0.05) is 54.6 Å². The number of amides is 2. The standard InChI is InChI=1S/C24H21N3O2S/c28-23(18-10-5-2-6-11-18)27-21(15-14-17-8-3-1-4-9-17)24(29)26-20-13-7-12-19-22(20)30-16-25-19/h1-13,16,21H,14-15H2,(H,26,29)(H,27,28). The number of nitrogens with one attached hydrogen (secondary N) is 2. The van der Waals surface area contributed by atoms with E-state index in [1.807, 2.05) is 54.6 Å². The van der Waals surface area contributed by atoms with Gasteiger partial charge in [0.25, 0.3) is 5.91 Å². The number of anilines is 1. The Bertz CT molecular complexity index is 1140. The molecule has 2 amide bonds. The summed E-state index contributed by atoms with van der Waals surface area (Å²) in [5.41, 5.74) is 4.95. The lowest BCUT2D eigenvalue weighted by atomic mass is 10.0. The molecular formula is C24H21N3O2S. The molecule has 1 heterocycles. The zero-order valence-corrected chi connectivity index (χ0v) is 17.1. The first-order valence-electron chi connectivity index (χ1n) is 9.73. The Kier molecular flexibility index (Phi) is 6.15. The average molecular weight is 416 g/mol. The van der Waals surface area contributed by atoms with E-state index < -0.39 is 6.04 Å². The molecule has 0 aliphatic rings. The van der Waals surface area contributed by atoms with Gasteiger partial charge in [0.05, 0.1) is 21.4 Å². The van der Waals surface area contributed by atoms with Crippen LogP contribution in [-0.2, 0) is 11.2 Å². The summed E-state index contributed by atoms with van der Waals surface area (Å²) >= 11 is 1.48. The molecule has 0 aliphatic heterocycles. The largest absolute Gasteiger partial charge is 0.340 e. The van der Waals surface area contributed by atoms with E-state index in [2.05, 4.69) is 15.6 Å². The van der Waals surface area contributed by atoms with Crippen molar-refractivity contribution in [3.63, 3.8) is 0 Å². The maximum absolute atomic E-state index is 13.1. The highest BCUT2D eigenvalue weighted by molar-refractivity contribution is 7.17. The zero-order chi connectivity index (χ0) is 20.8. The molecule has 2 N–H and O–H groups in total. The minimum atomic E-state index is -0.666. The van der Waals surface area contributed by atoms with E-state index in [4.69, 9.17) is 0 Å². The first-order chi connectivity index (χ1) is 14.7. The number of carbonyl (C=O) groups excluding carboxylic acids is 2. The molecule has 4 aromatic rings. The molecule has 0 saturated carbocycles. The van der Waals surface area contributed by atoms with E-state index in [0.717, 1.165) is 15.8 Å². The number of fused-ring (bicyclic) bond motifs is 1. The normalized spacial score (nSPS) is 11.7. The van der Waals surface area contributed by atoms with Crippen molar-refractivity contribution >= 4 is 39.1 Å². The molecule has 0 aliphatic carbocycles. The van der Waals surface area contributed by atoms with E-state index in [1.54, 1.807) is 29.8 Å². The van der Waals surface area contributed by atoms with Crippen molar-refractivity contribution in [2.24, 2.45) is 0 Å². The first-order valence-corrected chi connectivity index (χ1v) is 10.6. The lowest BCUT2D eigenvalue weighted by Gasteiger charge is -2.19. The molecule has 0 bridgehead atoms. The molecule has 0 spiro atoms. The van der Waals surface area contributed by atoms with Gasteiger partial charge in [0, 0.05) is 5.56 Å². The van der Waals surface area contributed by atoms with Crippen LogP contribution in [0.15, 0.2) is 84.4 Å². The molecule has 30 heavy (non-hydrogen) atoms.